The molecule has 0 amide bonds. The van der Waals surface area contributed by atoms with Gasteiger partial charge >= 0.3 is 0 Å². The Morgan fingerprint density at radius 2 is 1.93 bits per heavy atom. The molecule has 2 fully saturated rings. The summed E-state index contributed by atoms with van der Waals surface area (Å²) in [5.74, 6) is 1.48. The minimum atomic E-state index is -1.00. The van der Waals surface area contributed by atoms with Crippen LogP contribution >= 0.6 is 27.5 Å². The molecule has 0 bridgehead atoms. The summed E-state index contributed by atoms with van der Waals surface area (Å²) in [6, 6.07) is 13.0. The molecule has 7 rings (SSSR count). The van der Waals surface area contributed by atoms with Crippen LogP contribution in [0.15, 0.2) is 53.1 Å². The summed E-state index contributed by atoms with van der Waals surface area (Å²) in [5, 5.41) is 0.569. The van der Waals surface area contributed by atoms with Crippen molar-refractivity contribution in [1.29, 1.82) is 0 Å². The van der Waals surface area contributed by atoms with Crippen molar-refractivity contribution in [3.05, 3.63) is 81.1 Å². The SMILES string of the molecule is C[C@]1(c2ccc(Cl)cn2)Oc2cccc(C3CCN(Cc4nc5c(Br)ccc(F)c5n4C[C@@H]4CCO4)CC3)c2O1. The summed E-state index contributed by atoms with van der Waals surface area (Å²) < 4.78 is 36.2. The van der Waals surface area contributed by atoms with Crippen molar-refractivity contribution in [2.45, 2.75) is 57.1 Å². The molecule has 0 saturated carbocycles. The lowest BCUT2D eigenvalue weighted by atomic mass is 9.88. The van der Waals surface area contributed by atoms with Crippen LogP contribution in [-0.2, 0) is 23.6 Å². The van der Waals surface area contributed by atoms with Gasteiger partial charge in [-0.1, -0.05) is 23.7 Å². The van der Waals surface area contributed by atoms with Crippen LogP contribution in [-0.4, -0.2) is 45.2 Å². The van der Waals surface area contributed by atoms with Gasteiger partial charge in [0.25, 0.3) is 5.79 Å². The van der Waals surface area contributed by atoms with Gasteiger partial charge in [0.05, 0.1) is 24.2 Å². The largest absolute Gasteiger partial charge is 0.443 e. The van der Waals surface area contributed by atoms with Gasteiger partial charge in [-0.2, -0.15) is 0 Å². The molecule has 0 N–H and O–H groups in total. The van der Waals surface area contributed by atoms with E-state index in [0.29, 0.717) is 40.8 Å². The second kappa shape index (κ2) is 10.3. The molecule has 40 heavy (non-hydrogen) atoms. The minimum Gasteiger partial charge on any atom is -0.443 e. The zero-order valence-corrected chi connectivity index (χ0v) is 24.4. The van der Waals surface area contributed by atoms with E-state index in [9.17, 15) is 4.39 Å². The molecule has 0 unspecified atom stereocenters. The molecule has 10 heteroatoms. The molecule has 2 aromatic heterocycles. The monoisotopic (exact) mass is 626 g/mol. The number of rotatable bonds is 6. The Labute approximate surface area is 245 Å². The van der Waals surface area contributed by atoms with Crippen molar-refractivity contribution >= 4 is 38.6 Å². The topological polar surface area (TPSA) is 61.6 Å². The number of likely N-dealkylation sites (tertiary alicyclic amines) is 1. The molecule has 0 aliphatic carbocycles. The van der Waals surface area contributed by atoms with Gasteiger partial charge in [-0.25, -0.2) is 9.37 Å². The average Bonchev–Trinajstić information content (AvgIpc) is 3.47. The van der Waals surface area contributed by atoms with Crippen LogP contribution in [0, 0.1) is 5.82 Å². The van der Waals surface area contributed by atoms with Crippen molar-refractivity contribution in [1.82, 2.24) is 19.4 Å². The molecular formula is C30H29BrClFN4O3. The van der Waals surface area contributed by atoms with Crippen LogP contribution < -0.4 is 9.47 Å². The van der Waals surface area contributed by atoms with E-state index < -0.39 is 5.79 Å². The second-order valence-electron chi connectivity index (χ2n) is 10.9. The summed E-state index contributed by atoms with van der Waals surface area (Å²) in [6.45, 7) is 5.73. The molecule has 3 aliphatic heterocycles. The molecule has 0 radical (unpaired) electrons. The third-order valence-corrected chi connectivity index (χ3v) is 9.11. The first-order chi connectivity index (χ1) is 19.4. The van der Waals surface area contributed by atoms with Gasteiger partial charge in [-0.3, -0.25) is 9.88 Å². The molecule has 2 atom stereocenters. The van der Waals surface area contributed by atoms with Crippen LogP contribution in [0.25, 0.3) is 11.0 Å². The molecule has 4 aromatic rings. The number of ether oxygens (including phenoxy) is 3. The molecule has 208 valence electrons. The van der Waals surface area contributed by atoms with E-state index in [1.807, 2.05) is 29.7 Å². The fraction of sp³-hybridized carbons (Fsp3) is 0.400. The highest BCUT2D eigenvalue weighted by atomic mass is 79.9. The normalized spacial score (nSPS) is 23.1. The number of para-hydroxylation sites is 1. The highest BCUT2D eigenvalue weighted by Gasteiger charge is 2.42. The van der Waals surface area contributed by atoms with E-state index >= 15 is 0 Å². The van der Waals surface area contributed by atoms with E-state index in [4.69, 9.17) is 30.8 Å². The lowest BCUT2D eigenvalue weighted by Crippen LogP contribution is -2.35. The maximum absolute atomic E-state index is 15.0. The summed E-state index contributed by atoms with van der Waals surface area (Å²) >= 11 is 9.61. The highest BCUT2D eigenvalue weighted by Crippen LogP contribution is 2.49. The quantitative estimate of drug-likeness (QED) is 0.234. The summed E-state index contributed by atoms with van der Waals surface area (Å²) in [5.41, 5.74) is 3.05. The number of piperidine rings is 1. The van der Waals surface area contributed by atoms with E-state index in [2.05, 4.69) is 31.9 Å². The number of nitrogens with zero attached hydrogens (tertiary/aromatic N) is 4. The van der Waals surface area contributed by atoms with Crippen LogP contribution in [0.3, 0.4) is 0 Å². The third-order valence-electron chi connectivity index (χ3n) is 8.25. The molecular weight excluding hydrogens is 599 g/mol. The highest BCUT2D eigenvalue weighted by molar-refractivity contribution is 9.10. The van der Waals surface area contributed by atoms with Crippen LogP contribution in [0.4, 0.5) is 4.39 Å². The van der Waals surface area contributed by atoms with Crippen molar-refractivity contribution in [3.8, 4) is 11.5 Å². The Kier molecular flexibility index (Phi) is 6.73. The number of hydrogen-bond acceptors (Lipinski definition) is 6. The molecule has 5 heterocycles. The van der Waals surface area contributed by atoms with Gasteiger partial charge < -0.3 is 18.8 Å². The number of aromatic nitrogens is 3. The number of imidazole rings is 1. The number of halogens is 3. The van der Waals surface area contributed by atoms with Gasteiger partial charge in [0, 0.05) is 29.8 Å². The Hall–Kier alpha value is -2.72. The predicted molar refractivity (Wildman–Crippen MR) is 153 cm³/mol. The molecule has 2 aromatic carbocycles. The van der Waals surface area contributed by atoms with E-state index in [1.165, 1.54) is 6.07 Å². The number of hydrogen-bond donors (Lipinski definition) is 0. The van der Waals surface area contributed by atoms with Gasteiger partial charge in [-0.15, -0.1) is 0 Å². The first-order valence-electron chi connectivity index (χ1n) is 13.7. The van der Waals surface area contributed by atoms with E-state index in [1.54, 1.807) is 18.3 Å². The zero-order valence-electron chi connectivity index (χ0n) is 22.1. The summed E-state index contributed by atoms with van der Waals surface area (Å²) in [6.07, 6.45) is 4.64. The number of pyridine rings is 1. The van der Waals surface area contributed by atoms with Gasteiger partial charge in [0.2, 0.25) is 0 Å². The Morgan fingerprint density at radius 1 is 1.10 bits per heavy atom. The van der Waals surface area contributed by atoms with Crippen molar-refractivity contribution in [2.24, 2.45) is 0 Å². The van der Waals surface area contributed by atoms with Crippen molar-refractivity contribution in [3.63, 3.8) is 0 Å². The van der Waals surface area contributed by atoms with Crippen molar-refractivity contribution < 1.29 is 18.6 Å². The predicted octanol–water partition coefficient (Wildman–Crippen LogP) is 6.80. The number of benzene rings is 2. The maximum atomic E-state index is 15.0. The second-order valence-corrected chi connectivity index (χ2v) is 12.2. The van der Waals surface area contributed by atoms with Crippen molar-refractivity contribution in [2.75, 3.05) is 19.7 Å². The Morgan fingerprint density at radius 3 is 2.65 bits per heavy atom. The fourth-order valence-corrected chi connectivity index (χ4v) is 6.50. The average molecular weight is 628 g/mol. The lowest BCUT2D eigenvalue weighted by molar-refractivity contribution is -0.0722. The van der Waals surface area contributed by atoms with Crippen LogP contribution in [0.2, 0.25) is 5.02 Å². The standard InChI is InChI=1S/C30H29BrClFN4O3/c1-30(25-8-5-19(32)15-34-25)39-24-4-2-3-21(29(24)40-30)18-9-12-36(13-10-18)17-26-35-27-22(31)6-7-23(33)28(27)37(26)16-20-11-14-38-20/h2-8,15,18,20H,9-14,16-17H2,1H3/t20-,30-/m0/s1. The molecule has 3 aliphatic rings. The first-order valence-corrected chi connectivity index (χ1v) is 14.8. The number of fused-ring (bicyclic) bond motifs is 2. The van der Waals surface area contributed by atoms with Gasteiger partial charge in [-0.05, 0) is 84.5 Å². The van der Waals surface area contributed by atoms with Gasteiger partial charge in [0.1, 0.15) is 28.4 Å². The van der Waals surface area contributed by atoms with Gasteiger partial charge in [0.15, 0.2) is 11.5 Å². The maximum Gasteiger partial charge on any atom is 0.292 e. The summed E-state index contributed by atoms with van der Waals surface area (Å²) in [7, 11) is 0. The first kappa shape index (κ1) is 26.2. The fourth-order valence-electron chi connectivity index (χ4n) is 5.98. The minimum absolute atomic E-state index is 0.108. The van der Waals surface area contributed by atoms with Crippen LogP contribution in [0.5, 0.6) is 11.5 Å². The molecule has 7 nitrogen and oxygen atoms in total. The Balaban J connectivity index is 1.08. The Bertz CT molecular complexity index is 1570. The van der Waals surface area contributed by atoms with Crippen LogP contribution in [0.1, 0.15) is 49.2 Å². The third kappa shape index (κ3) is 4.66. The zero-order chi connectivity index (χ0) is 27.4. The lowest BCUT2D eigenvalue weighted by Gasteiger charge is -2.33. The van der Waals surface area contributed by atoms with E-state index in [-0.39, 0.29) is 11.9 Å². The van der Waals surface area contributed by atoms with E-state index in [0.717, 1.165) is 66.3 Å². The summed E-state index contributed by atoms with van der Waals surface area (Å²) in [4.78, 5) is 11.7. The smallest absolute Gasteiger partial charge is 0.292 e. The molecule has 2 saturated heterocycles. The molecule has 0 spiro atoms.